The van der Waals surface area contributed by atoms with E-state index < -0.39 is 6.55 Å². The van der Waals surface area contributed by atoms with Crippen molar-refractivity contribution in [2.24, 2.45) is 4.99 Å². The summed E-state index contributed by atoms with van der Waals surface area (Å²) in [6.45, 7) is 2.52. The van der Waals surface area contributed by atoms with Crippen molar-refractivity contribution >= 4 is 29.9 Å². The van der Waals surface area contributed by atoms with Crippen LogP contribution in [0.1, 0.15) is 30.4 Å². The van der Waals surface area contributed by atoms with E-state index >= 15 is 0 Å². The smallest absolute Gasteiger partial charge is 0.319 e. The summed E-state index contributed by atoms with van der Waals surface area (Å²) in [5, 5.41) is 6.11. The van der Waals surface area contributed by atoms with Gasteiger partial charge in [0.15, 0.2) is 5.96 Å². The van der Waals surface area contributed by atoms with E-state index in [-0.39, 0.29) is 36.3 Å². The second kappa shape index (κ2) is 10.9. The van der Waals surface area contributed by atoms with Crippen molar-refractivity contribution in [3.05, 3.63) is 47.5 Å². The first-order valence-electron chi connectivity index (χ1n) is 8.00. The molecule has 0 radical (unpaired) electrons. The van der Waals surface area contributed by atoms with Crippen LogP contribution in [0.2, 0.25) is 0 Å². The average molecular weight is 479 g/mol. The summed E-state index contributed by atoms with van der Waals surface area (Å²) in [5.74, 6) is 1.54. The van der Waals surface area contributed by atoms with Crippen LogP contribution in [0.4, 0.5) is 8.78 Å². The van der Waals surface area contributed by atoms with Crippen molar-refractivity contribution in [3.63, 3.8) is 0 Å². The first-order valence-corrected chi connectivity index (χ1v) is 8.00. The number of hydrogen-bond acceptors (Lipinski definition) is 3. The molecule has 0 saturated carbocycles. The normalized spacial score (nSPS) is 11.2. The van der Waals surface area contributed by atoms with Crippen LogP contribution in [0, 0.1) is 6.92 Å². The Bertz CT molecular complexity index is 721. The summed E-state index contributed by atoms with van der Waals surface area (Å²) in [6.07, 6.45) is 2.60. The third-order valence-electron chi connectivity index (χ3n) is 3.57. The largest absolute Gasteiger partial charge is 0.496 e. The van der Waals surface area contributed by atoms with Crippen molar-refractivity contribution in [1.82, 2.24) is 20.2 Å². The number of alkyl halides is 2. The maximum absolute atomic E-state index is 12.9. The highest BCUT2D eigenvalue weighted by molar-refractivity contribution is 14.0. The van der Waals surface area contributed by atoms with Crippen LogP contribution in [0.25, 0.3) is 0 Å². The highest BCUT2D eigenvalue weighted by atomic mass is 127. The van der Waals surface area contributed by atoms with Gasteiger partial charge in [-0.3, -0.25) is 4.57 Å². The van der Waals surface area contributed by atoms with Crippen molar-refractivity contribution in [2.75, 3.05) is 13.7 Å². The van der Waals surface area contributed by atoms with Crippen LogP contribution in [0.5, 0.6) is 5.75 Å². The van der Waals surface area contributed by atoms with Crippen LogP contribution in [-0.4, -0.2) is 29.2 Å². The van der Waals surface area contributed by atoms with Crippen LogP contribution >= 0.6 is 24.0 Å². The molecule has 2 N–H and O–H groups in total. The molecule has 0 aliphatic rings. The first-order chi connectivity index (χ1) is 12.0. The van der Waals surface area contributed by atoms with Gasteiger partial charge in [0.25, 0.3) is 0 Å². The average Bonchev–Trinajstić information content (AvgIpc) is 3.07. The monoisotopic (exact) mass is 479 g/mol. The number of hydrogen-bond donors (Lipinski definition) is 2. The van der Waals surface area contributed by atoms with Gasteiger partial charge in [-0.1, -0.05) is 12.1 Å². The molecule has 0 fully saturated rings. The van der Waals surface area contributed by atoms with Gasteiger partial charge in [0.2, 0.25) is 0 Å². The Kier molecular flexibility index (Phi) is 9.31. The Labute approximate surface area is 169 Å². The van der Waals surface area contributed by atoms with Gasteiger partial charge in [-0.15, -0.1) is 24.0 Å². The fourth-order valence-corrected chi connectivity index (χ4v) is 2.31. The van der Waals surface area contributed by atoms with Gasteiger partial charge in [-0.2, -0.15) is 8.78 Å². The molecule has 0 unspecified atom stereocenters. The third kappa shape index (κ3) is 6.11. The quantitative estimate of drug-likeness (QED) is 0.363. The summed E-state index contributed by atoms with van der Waals surface area (Å²) in [5.41, 5.74) is 2.05. The number of methoxy groups -OCH3 is 1. The minimum atomic E-state index is -2.62. The first kappa shape index (κ1) is 22.1. The van der Waals surface area contributed by atoms with Gasteiger partial charge >= 0.3 is 6.55 Å². The number of aromatic nitrogens is 2. The number of nitrogens with zero attached hydrogens (tertiary/aromatic N) is 3. The van der Waals surface area contributed by atoms with Crippen molar-refractivity contribution in [2.45, 2.75) is 33.5 Å². The van der Waals surface area contributed by atoms with Crippen molar-refractivity contribution in [1.29, 1.82) is 0 Å². The predicted molar refractivity (Wildman–Crippen MR) is 108 cm³/mol. The summed E-state index contributed by atoms with van der Waals surface area (Å²) in [6, 6.07) is 5.91. The molecule has 0 spiro atoms. The van der Waals surface area contributed by atoms with Crippen LogP contribution < -0.4 is 15.4 Å². The minimum absolute atomic E-state index is 0. The van der Waals surface area contributed by atoms with Gasteiger partial charge in [-0.25, -0.2) is 9.98 Å². The lowest BCUT2D eigenvalue weighted by Gasteiger charge is -2.13. The highest BCUT2D eigenvalue weighted by Gasteiger charge is 2.11. The number of benzene rings is 1. The fraction of sp³-hybridized carbons (Fsp3) is 0.412. The molecule has 0 saturated heterocycles. The number of guanidine groups is 1. The molecule has 144 valence electrons. The zero-order valence-corrected chi connectivity index (χ0v) is 17.3. The molecular weight excluding hydrogens is 455 g/mol. The lowest BCUT2D eigenvalue weighted by molar-refractivity contribution is 0.0668. The molecule has 0 aliphatic heterocycles. The zero-order chi connectivity index (χ0) is 18.2. The molecule has 0 bridgehead atoms. The molecule has 2 rings (SSSR count). The number of nitrogens with one attached hydrogen (secondary N) is 2. The van der Waals surface area contributed by atoms with E-state index in [2.05, 4.69) is 20.6 Å². The Morgan fingerprint density at radius 2 is 2.12 bits per heavy atom. The zero-order valence-electron chi connectivity index (χ0n) is 15.0. The SMILES string of the molecule is CCNC(=NCc1ccc(C)cc1OC)NCc1nccn1C(F)F.I. The topological polar surface area (TPSA) is 63.5 Å². The minimum Gasteiger partial charge on any atom is -0.496 e. The van der Waals surface area contributed by atoms with Gasteiger partial charge in [0, 0.05) is 24.5 Å². The Hall–Kier alpha value is -1.91. The van der Waals surface area contributed by atoms with E-state index in [0.717, 1.165) is 21.4 Å². The third-order valence-corrected chi connectivity index (χ3v) is 3.57. The van der Waals surface area contributed by atoms with Crippen LogP contribution in [0.3, 0.4) is 0 Å². The number of aliphatic imine (C=N–C) groups is 1. The predicted octanol–water partition coefficient (Wildman–Crippen LogP) is 3.47. The molecule has 2 aromatic rings. The molecule has 1 aromatic heterocycles. The van der Waals surface area contributed by atoms with E-state index in [9.17, 15) is 8.78 Å². The molecular formula is C17H24F2IN5O. The lowest BCUT2D eigenvalue weighted by atomic mass is 10.1. The second-order valence-electron chi connectivity index (χ2n) is 5.39. The number of halogens is 3. The van der Waals surface area contributed by atoms with Crippen LogP contribution in [-0.2, 0) is 13.1 Å². The maximum Gasteiger partial charge on any atom is 0.319 e. The Morgan fingerprint density at radius 3 is 2.77 bits per heavy atom. The number of imidazole rings is 1. The maximum atomic E-state index is 12.9. The molecule has 6 nitrogen and oxygen atoms in total. The van der Waals surface area contributed by atoms with E-state index in [1.807, 2.05) is 32.0 Å². The highest BCUT2D eigenvalue weighted by Crippen LogP contribution is 2.20. The van der Waals surface area contributed by atoms with Gasteiger partial charge in [0.05, 0.1) is 20.2 Å². The van der Waals surface area contributed by atoms with Crippen molar-refractivity contribution < 1.29 is 13.5 Å². The van der Waals surface area contributed by atoms with E-state index in [0.29, 0.717) is 19.0 Å². The molecule has 1 heterocycles. The molecule has 0 aliphatic carbocycles. The standard InChI is InChI=1S/C17H23F2N5O.HI/c1-4-20-17(23-11-15-21-7-8-24(15)16(18)19)22-10-13-6-5-12(2)9-14(13)25-3;/h5-9,16H,4,10-11H2,1-3H3,(H2,20,22,23);1H. The summed E-state index contributed by atoms with van der Waals surface area (Å²) < 4.78 is 31.9. The fourth-order valence-electron chi connectivity index (χ4n) is 2.31. The number of rotatable bonds is 7. The molecule has 0 amide bonds. The van der Waals surface area contributed by atoms with E-state index in [4.69, 9.17) is 4.74 Å². The summed E-state index contributed by atoms with van der Waals surface area (Å²) in [7, 11) is 1.62. The molecule has 1 aromatic carbocycles. The number of ether oxygens (including phenoxy) is 1. The molecule has 9 heteroatoms. The summed E-state index contributed by atoms with van der Waals surface area (Å²) in [4.78, 5) is 8.43. The Morgan fingerprint density at radius 1 is 1.35 bits per heavy atom. The Balaban J connectivity index is 0.00000338. The van der Waals surface area contributed by atoms with Gasteiger partial charge < -0.3 is 15.4 Å². The van der Waals surface area contributed by atoms with Gasteiger partial charge in [0.1, 0.15) is 11.6 Å². The molecule has 26 heavy (non-hydrogen) atoms. The van der Waals surface area contributed by atoms with E-state index in [1.54, 1.807) is 7.11 Å². The van der Waals surface area contributed by atoms with Crippen molar-refractivity contribution in [3.8, 4) is 5.75 Å². The van der Waals surface area contributed by atoms with Crippen LogP contribution in [0.15, 0.2) is 35.6 Å². The lowest BCUT2D eigenvalue weighted by Crippen LogP contribution is -2.37. The number of aryl methyl sites for hydroxylation is 1. The van der Waals surface area contributed by atoms with E-state index in [1.165, 1.54) is 12.4 Å². The van der Waals surface area contributed by atoms with Gasteiger partial charge in [-0.05, 0) is 25.5 Å². The summed E-state index contributed by atoms with van der Waals surface area (Å²) >= 11 is 0. The second-order valence-corrected chi connectivity index (χ2v) is 5.39. The molecule has 0 atom stereocenters.